The van der Waals surface area contributed by atoms with Crippen molar-refractivity contribution in [3.63, 3.8) is 0 Å². The summed E-state index contributed by atoms with van der Waals surface area (Å²) in [4.78, 5) is 21.0. The predicted molar refractivity (Wildman–Crippen MR) is 132 cm³/mol. The lowest BCUT2D eigenvalue weighted by atomic mass is 10.0. The van der Waals surface area contributed by atoms with Crippen LogP contribution in [0.2, 0.25) is 0 Å². The van der Waals surface area contributed by atoms with Crippen molar-refractivity contribution in [2.24, 2.45) is 5.92 Å². The highest BCUT2D eigenvalue weighted by molar-refractivity contribution is 6.09. The van der Waals surface area contributed by atoms with Crippen molar-refractivity contribution >= 4 is 29.3 Å². The number of benzene rings is 1. The summed E-state index contributed by atoms with van der Waals surface area (Å²) in [7, 11) is 1.44. The van der Waals surface area contributed by atoms with Gasteiger partial charge in [0.1, 0.15) is 11.3 Å². The van der Waals surface area contributed by atoms with Gasteiger partial charge in [-0.25, -0.2) is 4.39 Å². The number of hydrogen-bond acceptors (Lipinski definition) is 5. The number of methoxy groups -OCH3 is 1. The lowest BCUT2D eigenvalue weighted by Crippen LogP contribution is -2.42. The zero-order chi connectivity index (χ0) is 22.9. The van der Waals surface area contributed by atoms with E-state index in [1.807, 2.05) is 13.0 Å². The molecule has 3 N–H and O–H groups in total. The van der Waals surface area contributed by atoms with Crippen molar-refractivity contribution in [2.75, 3.05) is 26.8 Å². The summed E-state index contributed by atoms with van der Waals surface area (Å²) in [6, 6.07) is 5.03. The molecule has 0 radical (unpaired) electrons. The van der Waals surface area contributed by atoms with Gasteiger partial charge in [0.2, 0.25) is 0 Å². The normalized spacial score (nSPS) is 16.2. The Labute approximate surface area is 204 Å². The number of nitrogens with one attached hydrogen (secondary N) is 3. The Kier molecular flexibility index (Phi) is 7.28. The van der Waals surface area contributed by atoms with Gasteiger partial charge in [-0.15, -0.1) is 12.4 Å². The van der Waals surface area contributed by atoms with Crippen LogP contribution in [-0.4, -0.2) is 48.7 Å². The third-order valence-electron chi connectivity index (χ3n) is 6.49. The number of ether oxygens (including phenoxy) is 2. The Morgan fingerprint density at radius 1 is 1.18 bits per heavy atom. The number of carbonyl (C=O) groups is 1. The molecule has 0 unspecified atom stereocenters. The summed E-state index contributed by atoms with van der Waals surface area (Å²) in [6.07, 6.45) is 5.76. The van der Waals surface area contributed by atoms with E-state index in [0.29, 0.717) is 34.9 Å². The second-order valence-corrected chi connectivity index (χ2v) is 8.94. The Bertz CT molecular complexity index is 1190. The molecule has 9 heteroatoms. The first-order chi connectivity index (χ1) is 16.0. The molecular formula is C25H30ClFN4O3. The minimum Gasteiger partial charge on any atom is -0.494 e. The number of aromatic nitrogens is 2. The molecule has 3 aromatic rings. The number of piperidine rings is 1. The number of H-pyrrole nitrogens is 1. The highest BCUT2D eigenvalue weighted by Crippen LogP contribution is 2.40. The zero-order valence-electron chi connectivity index (χ0n) is 19.4. The first-order valence-electron chi connectivity index (χ1n) is 11.5. The van der Waals surface area contributed by atoms with Gasteiger partial charge in [0, 0.05) is 35.1 Å². The van der Waals surface area contributed by atoms with E-state index in [4.69, 9.17) is 9.47 Å². The largest absolute Gasteiger partial charge is 0.494 e. The van der Waals surface area contributed by atoms with Crippen molar-refractivity contribution < 1.29 is 18.7 Å². The van der Waals surface area contributed by atoms with E-state index in [0.717, 1.165) is 55.5 Å². The van der Waals surface area contributed by atoms with E-state index >= 15 is 0 Å². The van der Waals surface area contributed by atoms with Gasteiger partial charge in [-0.05, 0) is 63.7 Å². The molecule has 0 spiro atoms. The standard InChI is InChI=1S/C25H29FN4O3.ClH/c1-14-22(25(31)30-16-5-8-27-9-6-16)24-23(29-14)17(7-10-28-24)18-11-21(32-2)19(26)12-20(18)33-13-15-3-4-15;/h7,10-12,15-16,27,29H,3-6,8-9,13H2,1-2H3,(H,30,31);1H. The van der Waals surface area contributed by atoms with Gasteiger partial charge >= 0.3 is 0 Å². The Morgan fingerprint density at radius 3 is 2.65 bits per heavy atom. The van der Waals surface area contributed by atoms with Crippen LogP contribution in [0.4, 0.5) is 4.39 Å². The summed E-state index contributed by atoms with van der Waals surface area (Å²) in [5.74, 6) is 0.527. The lowest BCUT2D eigenvalue weighted by Gasteiger charge is -2.23. The molecule has 2 aromatic heterocycles. The van der Waals surface area contributed by atoms with Crippen LogP contribution in [0.3, 0.4) is 0 Å². The van der Waals surface area contributed by atoms with Gasteiger partial charge in [0.05, 0.1) is 24.8 Å². The Morgan fingerprint density at radius 2 is 1.94 bits per heavy atom. The summed E-state index contributed by atoms with van der Waals surface area (Å²) < 4.78 is 25.8. The maximum Gasteiger partial charge on any atom is 0.255 e. The highest BCUT2D eigenvalue weighted by Gasteiger charge is 2.26. The smallest absolute Gasteiger partial charge is 0.255 e. The maximum absolute atomic E-state index is 14.5. The molecule has 0 bridgehead atoms. The van der Waals surface area contributed by atoms with Crippen LogP contribution in [0, 0.1) is 18.7 Å². The van der Waals surface area contributed by atoms with Gasteiger partial charge in [0.15, 0.2) is 11.6 Å². The van der Waals surface area contributed by atoms with E-state index in [2.05, 4.69) is 20.6 Å². The van der Waals surface area contributed by atoms with Gasteiger partial charge in [-0.3, -0.25) is 9.78 Å². The highest BCUT2D eigenvalue weighted by atomic mass is 35.5. The van der Waals surface area contributed by atoms with E-state index in [-0.39, 0.29) is 30.1 Å². The van der Waals surface area contributed by atoms with Gasteiger partial charge in [-0.1, -0.05) is 0 Å². The Balaban J connectivity index is 0.00000274. The summed E-state index contributed by atoms with van der Waals surface area (Å²) in [6.45, 7) is 4.23. The molecule has 182 valence electrons. The third-order valence-corrected chi connectivity index (χ3v) is 6.49. The van der Waals surface area contributed by atoms with Crippen molar-refractivity contribution in [3.05, 3.63) is 41.5 Å². The quantitative estimate of drug-likeness (QED) is 0.459. The fraction of sp³-hybridized carbons (Fsp3) is 0.440. The number of halogens is 2. The van der Waals surface area contributed by atoms with Crippen LogP contribution in [0.25, 0.3) is 22.2 Å². The van der Waals surface area contributed by atoms with Crippen LogP contribution in [0.5, 0.6) is 11.5 Å². The lowest BCUT2D eigenvalue weighted by molar-refractivity contribution is 0.0930. The number of amides is 1. The van der Waals surface area contributed by atoms with Gasteiger partial charge in [-0.2, -0.15) is 0 Å². The van der Waals surface area contributed by atoms with Crippen LogP contribution in [0.15, 0.2) is 24.4 Å². The molecular weight excluding hydrogens is 459 g/mol. The zero-order valence-corrected chi connectivity index (χ0v) is 20.2. The number of fused-ring (bicyclic) bond motifs is 1. The van der Waals surface area contributed by atoms with Gasteiger partial charge in [0.25, 0.3) is 5.91 Å². The molecule has 0 atom stereocenters. The van der Waals surface area contributed by atoms with E-state index in [9.17, 15) is 9.18 Å². The number of hydrogen-bond donors (Lipinski definition) is 3. The predicted octanol–water partition coefficient (Wildman–Crippen LogP) is 4.38. The molecule has 1 amide bonds. The molecule has 2 fully saturated rings. The average molecular weight is 489 g/mol. The van der Waals surface area contributed by atoms with Crippen LogP contribution in [-0.2, 0) is 0 Å². The van der Waals surface area contributed by atoms with Crippen LogP contribution >= 0.6 is 12.4 Å². The molecule has 3 heterocycles. The molecule has 2 aliphatic rings. The van der Waals surface area contributed by atoms with E-state index in [1.165, 1.54) is 13.2 Å². The van der Waals surface area contributed by atoms with Gasteiger partial charge < -0.3 is 25.1 Å². The number of nitrogens with zero attached hydrogens (tertiary/aromatic N) is 1. The van der Waals surface area contributed by atoms with Crippen LogP contribution in [0.1, 0.15) is 41.7 Å². The summed E-state index contributed by atoms with van der Waals surface area (Å²) in [5, 5.41) is 6.47. The number of aromatic amines is 1. The number of rotatable bonds is 7. The fourth-order valence-electron chi connectivity index (χ4n) is 4.45. The number of carbonyl (C=O) groups excluding carboxylic acids is 1. The topological polar surface area (TPSA) is 88.3 Å². The molecule has 7 nitrogen and oxygen atoms in total. The monoisotopic (exact) mass is 488 g/mol. The average Bonchev–Trinajstić information content (AvgIpc) is 3.58. The summed E-state index contributed by atoms with van der Waals surface area (Å²) in [5.41, 5.74) is 4.08. The molecule has 34 heavy (non-hydrogen) atoms. The molecule has 1 aromatic carbocycles. The molecule has 1 aliphatic heterocycles. The first kappa shape index (κ1) is 24.3. The second kappa shape index (κ2) is 10.2. The Hall–Kier alpha value is -2.84. The third kappa shape index (κ3) is 4.83. The fourth-order valence-corrected chi connectivity index (χ4v) is 4.45. The molecule has 1 saturated heterocycles. The molecule has 1 saturated carbocycles. The maximum atomic E-state index is 14.5. The van der Waals surface area contributed by atoms with Crippen molar-refractivity contribution in [2.45, 2.75) is 38.6 Å². The number of pyridine rings is 1. The summed E-state index contributed by atoms with van der Waals surface area (Å²) >= 11 is 0. The van der Waals surface area contributed by atoms with Crippen molar-refractivity contribution in [1.82, 2.24) is 20.6 Å². The second-order valence-electron chi connectivity index (χ2n) is 8.94. The van der Waals surface area contributed by atoms with Crippen molar-refractivity contribution in [1.29, 1.82) is 0 Å². The number of aryl methyl sites for hydroxylation is 1. The van der Waals surface area contributed by atoms with E-state index in [1.54, 1.807) is 12.3 Å². The minimum atomic E-state index is -0.470. The van der Waals surface area contributed by atoms with Crippen molar-refractivity contribution in [3.8, 4) is 22.6 Å². The molecule has 1 aliphatic carbocycles. The SMILES string of the molecule is COc1cc(-c2ccnc3c(C(=O)NC4CCNCC4)c(C)[nH]c23)c(OCC2CC2)cc1F.Cl. The minimum absolute atomic E-state index is 0. The van der Waals surface area contributed by atoms with Crippen LogP contribution < -0.4 is 20.1 Å². The van der Waals surface area contributed by atoms with E-state index < -0.39 is 5.82 Å². The molecule has 5 rings (SSSR count). The first-order valence-corrected chi connectivity index (χ1v) is 11.5.